The average molecular weight is 345 g/mol. The fourth-order valence-electron chi connectivity index (χ4n) is 2.51. The number of hydrogen-bond acceptors (Lipinski definition) is 2. The number of aryl methyl sites for hydroxylation is 3. The minimum absolute atomic E-state index is 0.837. The van der Waals surface area contributed by atoms with Crippen molar-refractivity contribution in [3.8, 4) is 5.75 Å². The van der Waals surface area contributed by atoms with Gasteiger partial charge in [0, 0.05) is 6.42 Å². The normalized spacial score (nSPS) is 11.0. The first-order chi connectivity index (χ1) is 10.2. The smallest absolute Gasteiger partial charge is 0.135 e. The van der Waals surface area contributed by atoms with Crippen molar-refractivity contribution in [3.05, 3.63) is 64.1 Å². The van der Waals surface area contributed by atoms with E-state index >= 15 is 0 Å². The maximum atomic E-state index is 5.30. The van der Waals surface area contributed by atoms with Crippen molar-refractivity contribution in [2.45, 2.75) is 19.8 Å². The molecule has 0 amide bonds. The Hall–Kier alpha value is -1.81. The lowest BCUT2D eigenvalue weighted by atomic mass is 10.1. The Bertz CT molecular complexity index is 780. The zero-order valence-electron chi connectivity index (χ0n) is 12.1. The first kappa shape index (κ1) is 14.1. The third-order valence-electron chi connectivity index (χ3n) is 3.59. The highest BCUT2D eigenvalue weighted by atomic mass is 79.9. The zero-order chi connectivity index (χ0) is 14.8. The summed E-state index contributed by atoms with van der Waals surface area (Å²) in [5.74, 6) is 1.88. The molecule has 0 saturated carbocycles. The molecule has 2 heterocycles. The van der Waals surface area contributed by atoms with E-state index in [1.54, 1.807) is 7.11 Å². The average Bonchev–Trinajstić information content (AvgIpc) is 2.81. The molecule has 3 rings (SSSR count). The van der Waals surface area contributed by atoms with Gasteiger partial charge in [0.25, 0.3) is 0 Å². The SMILES string of the molecule is COc1ccc2c(Br)nc(CCc3cccc(C)c3)n2c1. The Kier molecular flexibility index (Phi) is 3.97. The summed E-state index contributed by atoms with van der Waals surface area (Å²) in [6.07, 6.45) is 3.85. The van der Waals surface area contributed by atoms with Gasteiger partial charge in [-0.2, -0.15) is 0 Å². The second kappa shape index (κ2) is 5.90. The van der Waals surface area contributed by atoms with Crippen LogP contribution in [0.5, 0.6) is 5.75 Å². The summed E-state index contributed by atoms with van der Waals surface area (Å²) in [5.41, 5.74) is 3.70. The minimum Gasteiger partial charge on any atom is -0.495 e. The topological polar surface area (TPSA) is 26.5 Å². The van der Waals surface area contributed by atoms with Gasteiger partial charge in [0.2, 0.25) is 0 Å². The van der Waals surface area contributed by atoms with E-state index in [1.807, 2.05) is 18.3 Å². The summed E-state index contributed by atoms with van der Waals surface area (Å²) in [4.78, 5) is 4.63. The highest BCUT2D eigenvalue weighted by Crippen LogP contribution is 2.23. The number of rotatable bonds is 4. The Labute approximate surface area is 132 Å². The van der Waals surface area contributed by atoms with Crippen LogP contribution in [0.15, 0.2) is 47.2 Å². The fraction of sp³-hybridized carbons (Fsp3) is 0.235. The third-order valence-corrected chi connectivity index (χ3v) is 4.18. The summed E-state index contributed by atoms with van der Waals surface area (Å²) in [5, 5.41) is 0. The van der Waals surface area contributed by atoms with Gasteiger partial charge in [-0.05, 0) is 47.0 Å². The number of halogens is 1. The van der Waals surface area contributed by atoms with Gasteiger partial charge in [-0.25, -0.2) is 4.98 Å². The molecule has 3 nitrogen and oxygen atoms in total. The van der Waals surface area contributed by atoms with Crippen LogP contribution in [0.2, 0.25) is 0 Å². The maximum Gasteiger partial charge on any atom is 0.135 e. The first-order valence-electron chi connectivity index (χ1n) is 6.93. The second-order valence-corrected chi connectivity index (χ2v) is 5.88. The Morgan fingerprint density at radius 1 is 1.19 bits per heavy atom. The summed E-state index contributed by atoms with van der Waals surface area (Å²) in [6, 6.07) is 12.6. The van der Waals surface area contributed by atoms with E-state index < -0.39 is 0 Å². The second-order valence-electron chi connectivity index (χ2n) is 5.13. The number of hydrogen-bond donors (Lipinski definition) is 0. The molecule has 0 bridgehead atoms. The van der Waals surface area contributed by atoms with Gasteiger partial charge in [0.15, 0.2) is 0 Å². The van der Waals surface area contributed by atoms with Crippen LogP contribution < -0.4 is 4.74 Å². The molecule has 0 aliphatic carbocycles. The number of nitrogens with zero attached hydrogens (tertiary/aromatic N) is 2. The van der Waals surface area contributed by atoms with E-state index in [-0.39, 0.29) is 0 Å². The third kappa shape index (κ3) is 2.95. The lowest BCUT2D eigenvalue weighted by molar-refractivity contribution is 0.412. The fourth-order valence-corrected chi connectivity index (χ4v) is 3.04. The van der Waals surface area contributed by atoms with E-state index in [0.29, 0.717) is 0 Å². The monoisotopic (exact) mass is 344 g/mol. The molecule has 21 heavy (non-hydrogen) atoms. The quantitative estimate of drug-likeness (QED) is 0.709. The summed E-state index contributed by atoms with van der Waals surface area (Å²) < 4.78 is 8.28. The minimum atomic E-state index is 0.837. The van der Waals surface area contributed by atoms with Gasteiger partial charge < -0.3 is 4.74 Å². The molecule has 3 aromatic rings. The predicted octanol–water partition coefficient (Wildman–Crippen LogP) is 4.20. The van der Waals surface area contributed by atoms with Gasteiger partial charge >= 0.3 is 0 Å². The van der Waals surface area contributed by atoms with Gasteiger partial charge in [-0.3, -0.25) is 4.40 Å². The molecule has 0 atom stereocenters. The zero-order valence-corrected chi connectivity index (χ0v) is 13.7. The van der Waals surface area contributed by atoms with Crippen molar-refractivity contribution in [3.63, 3.8) is 0 Å². The standard InChI is InChI=1S/C17H17BrN2O/c1-12-4-3-5-13(10-12)6-9-16-19-17(18)15-8-7-14(21-2)11-20(15)16/h3-5,7-8,10-11H,6,9H2,1-2H3. The van der Waals surface area contributed by atoms with Crippen LogP contribution in [-0.2, 0) is 12.8 Å². The van der Waals surface area contributed by atoms with Crippen LogP contribution in [0.4, 0.5) is 0 Å². The molecule has 0 N–H and O–H groups in total. The van der Waals surface area contributed by atoms with Crippen LogP contribution in [-0.4, -0.2) is 16.5 Å². The highest BCUT2D eigenvalue weighted by molar-refractivity contribution is 9.10. The largest absolute Gasteiger partial charge is 0.495 e. The molecule has 0 fully saturated rings. The molecular weight excluding hydrogens is 328 g/mol. The van der Waals surface area contributed by atoms with Gasteiger partial charge in [-0.1, -0.05) is 29.8 Å². The molecule has 2 aromatic heterocycles. The van der Waals surface area contributed by atoms with Crippen molar-refractivity contribution < 1.29 is 4.74 Å². The summed E-state index contributed by atoms with van der Waals surface area (Å²) in [7, 11) is 1.68. The number of benzene rings is 1. The lowest BCUT2D eigenvalue weighted by Crippen LogP contribution is -1.99. The van der Waals surface area contributed by atoms with Crippen LogP contribution in [0.3, 0.4) is 0 Å². The van der Waals surface area contributed by atoms with E-state index in [1.165, 1.54) is 11.1 Å². The van der Waals surface area contributed by atoms with Gasteiger partial charge in [0.05, 0.1) is 18.8 Å². The lowest BCUT2D eigenvalue weighted by Gasteiger charge is -2.05. The Morgan fingerprint density at radius 3 is 2.81 bits per heavy atom. The van der Waals surface area contributed by atoms with E-state index in [0.717, 1.165) is 34.5 Å². The van der Waals surface area contributed by atoms with Crippen LogP contribution >= 0.6 is 15.9 Å². The summed E-state index contributed by atoms with van der Waals surface area (Å²) >= 11 is 3.53. The van der Waals surface area contributed by atoms with Crippen molar-refractivity contribution in [1.29, 1.82) is 0 Å². The molecule has 0 aliphatic heterocycles. The van der Waals surface area contributed by atoms with E-state index in [4.69, 9.17) is 4.74 Å². The number of methoxy groups -OCH3 is 1. The number of ether oxygens (including phenoxy) is 1. The van der Waals surface area contributed by atoms with E-state index in [9.17, 15) is 0 Å². The Balaban J connectivity index is 1.89. The molecule has 108 valence electrons. The van der Waals surface area contributed by atoms with Crippen LogP contribution in [0, 0.1) is 6.92 Å². The predicted molar refractivity (Wildman–Crippen MR) is 88.0 cm³/mol. The highest BCUT2D eigenvalue weighted by Gasteiger charge is 2.10. The molecular formula is C17H17BrN2O. The molecule has 0 unspecified atom stereocenters. The molecule has 1 aromatic carbocycles. The number of fused-ring (bicyclic) bond motifs is 1. The molecule has 4 heteroatoms. The van der Waals surface area contributed by atoms with Crippen molar-refractivity contribution in [1.82, 2.24) is 9.38 Å². The van der Waals surface area contributed by atoms with Crippen LogP contribution in [0.1, 0.15) is 17.0 Å². The molecule has 0 aliphatic rings. The number of pyridine rings is 1. The molecule has 0 saturated heterocycles. The number of aromatic nitrogens is 2. The van der Waals surface area contributed by atoms with Crippen molar-refractivity contribution >= 4 is 21.4 Å². The van der Waals surface area contributed by atoms with Crippen molar-refractivity contribution in [2.75, 3.05) is 7.11 Å². The van der Waals surface area contributed by atoms with E-state index in [2.05, 4.69) is 56.5 Å². The first-order valence-corrected chi connectivity index (χ1v) is 7.72. The van der Waals surface area contributed by atoms with Crippen LogP contribution in [0.25, 0.3) is 5.52 Å². The van der Waals surface area contributed by atoms with Gasteiger partial charge in [0.1, 0.15) is 16.2 Å². The molecule has 0 radical (unpaired) electrons. The Morgan fingerprint density at radius 2 is 2.05 bits per heavy atom. The summed E-state index contributed by atoms with van der Waals surface area (Å²) in [6.45, 7) is 2.12. The maximum absolute atomic E-state index is 5.30. The van der Waals surface area contributed by atoms with Crippen molar-refractivity contribution in [2.24, 2.45) is 0 Å². The van der Waals surface area contributed by atoms with Gasteiger partial charge in [-0.15, -0.1) is 0 Å². The number of imidazole rings is 1. The molecule has 0 spiro atoms.